The second-order valence-electron chi connectivity index (χ2n) is 12.9. The minimum Gasteiger partial charge on any atom is -0.294 e. The molecule has 2 rings (SSSR count). The van der Waals surface area contributed by atoms with Gasteiger partial charge in [0.25, 0.3) is 0 Å². The van der Waals surface area contributed by atoms with Gasteiger partial charge < -0.3 is 0 Å². The van der Waals surface area contributed by atoms with Gasteiger partial charge in [-0.25, -0.2) is 0 Å². The van der Waals surface area contributed by atoms with Gasteiger partial charge in [-0.3, -0.25) is 4.79 Å². The third-order valence-corrected chi connectivity index (χ3v) is 10.1. The predicted octanol–water partition coefficient (Wildman–Crippen LogP) is 14.3. The van der Waals surface area contributed by atoms with Crippen LogP contribution in [0.2, 0.25) is 0 Å². The molecule has 0 aliphatic carbocycles. The first kappa shape index (κ1) is 36.0. The topological polar surface area (TPSA) is 17.1 Å². The van der Waals surface area contributed by atoms with Gasteiger partial charge in [-0.2, -0.15) is 0 Å². The molecule has 0 spiro atoms. The summed E-state index contributed by atoms with van der Waals surface area (Å²) in [4.78, 5) is 14.0. The summed E-state index contributed by atoms with van der Waals surface area (Å²) in [6, 6.07) is 8.35. The van der Waals surface area contributed by atoms with Crippen LogP contribution in [0.4, 0.5) is 0 Å². The van der Waals surface area contributed by atoms with Crippen LogP contribution in [-0.4, -0.2) is 5.78 Å². The molecule has 0 N–H and O–H groups in total. The molecule has 0 radical (unpaired) electrons. The van der Waals surface area contributed by atoms with Crippen LogP contribution in [-0.2, 0) is 0 Å². The zero-order valence-corrected chi connectivity index (χ0v) is 28.2. The van der Waals surface area contributed by atoms with E-state index in [4.69, 9.17) is 0 Å². The highest BCUT2D eigenvalue weighted by molar-refractivity contribution is 7.19. The second kappa shape index (κ2) is 25.4. The molecule has 1 aromatic carbocycles. The fourth-order valence-corrected chi connectivity index (χ4v) is 7.50. The monoisotopic (exact) mass is 582 g/mol. The molecule has 1 aromatic heterocycles. The lowest BCUT2D eigenvalue weighted by Gasteiger charge is -2.05. The lowest BCUT2D eigenvalue weighted by Crippen LogP contribution is -1.99. The van der Waals surface area contributed by atoms with Crippen molar-refractivity contribution in [1.82, 2.24) is 0 Å². The first-order valence-electron chi connectivity index (χ1n) is 18.3. The largest absolute Gasteiger partial charge is 0.294 e. The molecule has 2 aromatic rings. The molecule has 2 heteroatoms. The summed E-state index contributed by atoms with van der Waals surface area (Å²) in [5, 5.41) is 1.16. The summed E-state index contributed by atoms with van der Waals surface area (Å²) >= 11 is 1.76. The lowest BCUT2D eigenvalue weighted by atomic mass is 10.0. The Morgan fingerprint density at radius 1 is 0.512 bits per heavy atom. The molecule has 0 saturated heterocycles. The predicted molar refractivity (Wildman–Crippen MR) is 186 cm³/mol. The van der Waals surface area contributed by atoms with Crippen LogP contribution in [0.1, 0.15) is 202 Å². The minimum absolute atomic E-state index is 0.347. The number of ketones is 1. The maximum Gasteiger partial charge on any atom is 0.164 e. The molecule has 0 aliphatic heterocycles. The first-order valence-corrected chi connectivity index (χ1v) is 19.1. The average molecular weight is 583 g/mol. The number of benzene rings is 1. The Morgan fingerprint density at radius 2 is 0.854 bits per heavy atom. The Hall–Kier alpha value is -1.15. The number of Topliss-reactive ketones (excluding diaryl/α,β-unsaturated/α-hetero) is 1. The van der Waals surface area contributed by atoms with Crippen LogP contribution in [0, 0.1) is 6.92 Å². The van der Waals surface area contributed by atoms with Gasteiger partial charge in [-0.05, 0) is 19.4 Å². The number of unbranched alkanes of at least 4 members (excludes halogenated alkanes) is 26. The van der Waals surface area contributed by atoms with Crippen LogP contribution >= 0.6 is 11.3 Å². The Bertz CT molecular complexity index is 881. The highest BCUT2D eigenvalue weighted by Gasteiger charge is 2.15. The number of carbonyl (C=O) groups is 1. The third kappa shape index (κ3) is 17.5. The number of hydrogen-bond acceptors (Lipinski definition) is 2. The Kier molecular flexibility index (Phi) is 22.3. The standard InChI is InChI=1S/C39H66OS/c1-3-4-5-6-7-8-9-10-11-12-13-14-15-16-17-18-19-20-21-22-23-24-25-26-27-28-29-33-37(40)39-35(2)41-38-34-31-30-32-36(38)39/h30-32,34H,3-29,33H2,1-2H3. The Morgan fingerprint density at radius 3 is 1.24 bits per heavy atom. The fourth-order valence-electron chi connectivity index (χ4n) is 6.42. The zero-order valence-electron chi connectivity index (χ0n) is 27.4. The van der Waals surface area contributed by atoms with E-state index >= 15 is 0 Å². The molecular weight excluding hydrogens is 516 g/mol. The molecule has 0 aliphatic rings. The molecule has 1 nitrogen and oxygen atoms in total. The Labute approximate surface area is 259 Å². The van der Waals surface area contributed by atoms with E-state index in [1.54, 1.807) is 11.3 Å². The molecule has 1 heterocycles. The van der Waals surface area contributed by atoms with Crippen molar-refractivity contribution in [1.29, 1.82) is 0 Å². The van der Waals surface area contributed by atoms with Gasteiger partial charge in [0.05, 0.1) is 0 Å². The highest BCUT2D eigenvalue weighted by atomic mass is 32.1. The van der Waals surface area contributed by atoms with Crippen molar-refractivity contribution in [3.63, 3.8) is 0 Å². The first-order chi connectivity index (χ1) is 20.2. The van der Waals surface area contributed by atoms with Gasteiger partial charge in [0.15, 0.2) is 5.78 Å². The minimum atomic E-state index is 0.347. The fraction of sp³-hybridized carbons (Fsp3) is 0.769. The quantitative estimate of drug-likeness (QED) is 0.0688. The average Bonchev–Trinajstić information content (AvgIpc) is 3.32. The summed E-state index contributed by atoms with van der Waals surface area (Å²) in [6.07, 6.45) is 39.0. The normalized spacial score (nSPS) is 11.6. The van der Waals surface area contributed by atoms with E-state index < -0.39 is 0 Å². The van der Waals surface area contributed by atoms with E-state index in [-0.39, 0.29) is 0 Å². The van der Waals surface area contributed by atoms with Crippen molar-refractivity contribution in [2.45, 2.75) is 194 Å². The molecular formula is C39H66OS. The molecule has 0 fully saturated rings. The molecule has 0 saturated carbocycles. The van der Waals surface area contributed by atoms with Crippen LogP contribution in [0.5, 0.6) is 0 Å². The Balaban J connectivity index is 1.24. The van der Waals surface area contributed by atoms with E-state index in [9.17, 15) is 4.79 Å². The van der Waals surface area contributed by atoms with Crippen molar-refractivity contribution in [2.75, 3.05) is 0 Å². The van der Waals surface area contributed by atoms with Gasteiger partial charge in [-0.1, -0.05) is 192 Å². The number of aryl methyl sites for hydroxylation is 1. The van der Waals surface area contributed by atoms with Gasteiger partial charge in [-0.15, -0.1) is 11.3 Å². The number of carbonyl (C=O) groups excluding carboxylic acids is 1. The molecule has 234 valence electrons. The van der Waals surface area contributed by atoms with Crippen LogP contribution in [0.25, 0.3) is 10.1 Å². The molecule has 0 amide bonds. The summed E-state index contributed by atoms with van der Waals surface area (Å²) in [5.74, 6) is 0.347. The summed E-state index contributed by atoms with van der Waals surface area (Å²) in [5.41, 5.74) is 0.986. The van der Waals surface area contributed by atoms with Crippen molar-refractivity contribution < 1.29 is 4.79 Å². The second-order valence-corrected chi connectivity index (χ2v) is 14.2. The maximum atomic E-state index is 12.8. The van der Waals surface area contributed by atoms with E-state index in [0.29, 0.717) is 12.2 Å². The van der Waals surface area contributed by atoms with E-state index in [0.717, 1.165) is 17.4 Å². The van der Waals surface area contributed by atoms with Gasteiger partial charge in [0.2, 0.25) is 0 Å². The van der Waals surface area contributed by atoms with Crippen LogP contribution in [0.15, 0.2) is 24.3 Å². The van der Waals surface area contributed by atoms with Crippen molar-refractivity contribution in [2.24, 2.45) is 0 Å². The van der Waals surface area contributed by atoms with Crippen LogP contribution < -0.4 is 0 Å². The number of hydrogen-bond donors (Lipinski definition) is 0. The van der Waals surface area contributed by atoms with E-state index in [1.165, 1.54) is 177 Å². The van der Waals surface area contributed by atoms with Crippen molar-refractivity contribution in [3.8, 4) is 0 Å². The number of fused-ring (bicyclic) bond motifs is 1. The van der Waals surface area contributed by atoms with E-state index in [2.05, 4.69) is 32.0 Å². The van der Waals surface area contributed by atoms with Crippen molar-refractivity contribution in [3.05, 3.63) is 34.7 Å². The van der Waals surface area contributed by atoms with Crippen molar-refractivity contribution >= 4 is 27.2 Å². The maximum absolute atomic E-state index is 12.8. The molecule has 0 atom stereocenters. The third-order valence-electron chi connectivity index (χ3n) is 9.06. The summed E-state index contributed by atoms with van der Waals surface area (Å²) in [6.45, 7) is 4.40. The smallest absolute Gasteiger partial charge is 0.164 e. The number of rotatable bonds is 29. The van der Waals surface area contributed by atoms with Gasteiger partial charge >= 0.3 is 0 Å². The molecule has 0 bridgehead atoms. The van der Waals surface area contributed by atoms with Gasteiger partial charge in [0, 0.05) is 26.9 Å². The number of thiophene rings is 1. The highest BCUT2D eigenvalue weighted by Crippen LogP contribution is 2.31. The zero-order chi connectivity index (χ0) is 29.2. The van der Waals surface area contributed by atoms with E-state index in [1.807, 2.05) is 6.07 Å². The summed E-state index contributed by atoms with van der Waals surface area (Å²) in [7, 11) is 0. The SMILES string of the molecule is CCCCCCCCCCCCCCCCCCCCCCCCCCCCCC(=O)c1c(C)sc2ccccc12. The van der Waals surface area contributed by atoms with Gasteiger partial charge in [0.1, 0.15) is 0 Å². The lowest BCUT2D eigenvalue weighted by molar-refractivity contribution is 0.0980. The van der Waals surface area contributed by atoms with Crippen LogP contribution in [0.3, 0.4) is 0 Å². The molecule has 0 unspecified atom stereocenters. The molecule has 41 heavy (non-hydrogen) atoms. The summed E-state index contributed by atoms with van der Waals surface area (Å²) < 4.78 is 1.24.